The highest BCUT2D eigenvalue weighted by molar-refractivity contribution is 6.30. The Labute approximate surface area is 140 Å². The van der Waals surface area contributed by atoms with E-state index in [1.165, 1.54) is 6.07 Å². The van der Waals surface area contributed by atoms with E-state index in [4.69, 9.17) is 11.6 Å². The number of benzene rings is 1. The van der Waals surface area contributed by atoms with Gasteiger partial charge in [0.1, 0.15) is 11.6 Å². The molecule has 6 heteroatoms. The molecule has 0 amide bonds. The standard InChI is InChI=1S/C17H19ClFN3O/c18-13-5-6-17(20-11-13)22-9-7-21(8-10-22)12-16(23)14-3-1-2-4-15(14)19/h1-6,11,16,23H,7-10,12H2. The predicted molar refractivity (Wildman–Crippen MR) is 89.3 cm³/mol. The van der Waals surface area contributed by atoms with Crippen molar-refractivity contribution in [2.75, 3.05) is 37.6 Å². The summed E-state index contributed by atoms with van der Waals surface area (Å²) < 4.78 is 13.7. The number of rotatable bonds is 4. The van der Waals surface area contributed by atoms with E-state index in [0.29, 0.717) is 17.1 Å². The summed E-state index contributed by atoms with van der Waals surface area (Å²) in [4.78, 5) is 8.65. The number of nitrogens with zero attached hydrogens (tertiary/aromatic N) is 3. The first-order chi connectivity index (χ1) is 11.1. The lowest BCUT2D eigenvalue weighted by Crippen LogP contribution is -2.47. The maximum atomic E-state index is 13.7. The number of hydrogen-bond acceptors (Lipinski definition) is 4. The van der Waals surface area contributed by atoms with E-state index in [2.05, 4.69) is 14.8 Å². The Morgan fingerprint density at radius 2 is 1.87 bits per heavy atom. The molecule has 1 saturated heterocycles. The van der Waals surface area contributed by atoms with Gasteiger partial charge in [0.2, 0.25) is 0 Å². The van der Waals surface area contributed by atoms with Gasteiger partial charge in [-0.2, -0.15) is 0 Å². The molecule has 3 rings (SSSR count). The molecule has 0 radical (unpaired) electrons. The molecule has 0 bridgehead atoms. The fourth-order valence-corrected chi connectivity index (χ4v) is 2.91. The Hall–Kier alpha value is -1.69. The lowest BCUT2D eigenvalue weighted by molar-refractivity contribution is 0.106. The van der Waals surface area contributed by atoms with Gasteiger partial charge in [-0.25, -0.2) is 9.37 Å². The van der Waals surface area contributed by atoms with Crippen molar-refractivity contribution in [1.82, 2.24) is 9.88 Å². The first-order valence-corrected chi connectivity index (χ1v) is 8.02. The van der Waals surface area contributed by atoms with Crippen molar-refractivity contribution in [3.05, 3.63) is 59.0 Å². The van der Waals surface area contributed by atoms with Gasteiger partial charge in [0.05, 0.1) is 11.1 Å². The summed E-state index contributed by atoms with van der Waals surface area (Å²) in [6, 6.07) is 10.1. The first-order valence-electron chi connectivity index (χ1n) is 7.65. The van der Waals surface area contributed by atoms with Gasteiger partial charge in [-0.1, -0.05) is 29.8 Å². The van der Waals surface area contributed by atoms with Crippen LogP contribution >= 0.6 is 11.6 Å². The topological polar surface area (TPSA) is 39.6 Å². The van der Waals surface area contributed by atoms with Crippen LogP contribution in [0.5, 0.6) is 0 Å². The molecule has 1 unspecified atom stereocenters. The first kappa shape index (κ1) is 16.2. The second kappa shape index (κ2) is 7.25. The quantitative estimate of drug-likeness (QED) is 0.932. The maximum absolute atomic E-state index is 13.7. The van der Waals surface area contributed by atoms with Crippen LogP contribution < -0.4 is 4.90 Å². The monoisotopic (exact) mass is 335 g/mol. The largest absolute Gasteiger partial charge is 0.387 e. The van der Waals surface area contributed by atoms with Crippen molar-refractivity contribution in [1.29, 1.82) is 0 Å². The van der Waals surface area contributed by atoms with Gasteiger partial charge in [-0.05, 0) is 18.2 Å². The number of pyridine rings is 1. The molecule has 0 aliphatic carbocycles. The van der Waals surface area contributed by atoms with Gasteiger partial charge in [0, 0.05) is 44.5 Å². The minimum atomic E-state index is -0.809. The molecule has 122 valence electrons. The fourth-order valence-electron chi connectivity index (χ4n) is 2.80. The smallest absolute Gasteiger partial charge is 0.129 e. The average Bonchev–Trinajstić information content (AvgIpc) is 2.57. The van der Waals surface area contributed by atoms with E-state index in [9.17, 15) is 9.50 Å². The van der Waals surface area contributed by atoms with Gasteiger partial charge in [0.25, 0.3) is 0 Å². The Morgan fingerprint density at radius 1 is 1.13 bits per heavy atom. The van der Waals surface area contributed by atoms with E-state index in [0.717, 1.165) is 32.0 Å². The highest BCUT2D eigenvalue weighted by Gasteiger charge is 2.21. The second-order valence-corrected chi connectivity index (χ2v) is 6.10. The van der Waals surface area contributed by atoms with E-state index in [1.807, 2.05) is 12.1 Å². The van der Waals surface area contributed by atoms with E-state index in [1.54, 1.807) is 24.4 Å². The Balaban J connectivity index is 1.55. The Bertz CT molecular complexity index is 645. The summed E-state index contributed by atoms with van der Waals surface area (Å²) in [6.07, 6.45) is 0.835. The molecule has 1 aromatic heterocycles. The summed E-state index contributed by atoms with van der Waals surface area (Å²) in [7, 11) is 0. The van der Waals surface area contributed by atoms with Crippen LogP contribution in [0.3, 0.4) is 0 Å². The molecule has 2 heterocycles. The molecule has 1 aromatic carbocycles. The molecule has 0 spiro atoms. The molecule has 1 fully saturated rings. The van der Waals surface area contributed by atoms with Gasteiger partial charge in [-0.15, -0.1) is 0 Å². The van der Waals surface area contributed by atoms with Crippen molar-refractivity contribution >= 4 is 17.4 Å². The molecule has 4 nitrogen and oxygen atoms in total. The molecule has 1 aliphatic rings. The van der Waals surface area contributed by atoms with Crippen molar-refractivity contribution in [2.45, 2.75) is 6.10 Å². The van der Waals surface area contributed by atoms with Gasteiger partial charge in [0.15, 0.2) is 0 Å². The number of aliphatic hydroxyl groups excluding tert-OH is 1. The van der Waals surface area contributed by atoms with Crippen LogP contribution in [-0.4, -0.2) is 47.7 Å². The molecule has 2 aromatic rings. The summed E-state index contributed by atoms with van der Waals surface area (Å²) in [5.74, 6) is 0.549. The van der Waals surface area contributed by atoms with E-state index >= 15 is 0 Å². The van der Waals surface area contributed by atoms with Crippen LogP contribution in [0, 0.1) is 5.82 Å². The van der Waals surface area contributed by atoms with Gasteiger partial charge >= 0.3 is 0 Å². The SMILES string of the molecule is OC(CN1CCN(c2ccc(Cl)cn2)CC1)c1ccccc1F. The third kappa shape index (κ3) is 3.99. The molecular weight excluding hydrogens is 317 g/mol. The second-order valence-electron chi connectivity index (χ2n) is 5.66. The number of β-amino-alcohol motifs (C(OH)–C–C–N with tert-alkyl or cyclic N) is 1. The average molecular weight is 336 g/mol. The summed E-state index contributed by atoms with van der Waals surface area (Å²) in [5.41, 5.74) is 0.356. The molecule has 1 aliphatic heterocycles. The molecule has 1 N–H and O–H groups in total. The number of hydrogen-bond donors (Lipinski definition) is 1. The Morgan fingerprint density at radius 3 is 2.52 bits per heavy atom. The fraction of sp³-hybridized carbons (Fsp3) is 0.353. The lowest BCUT2D eigenvalue weighted by Gasteiger charge is -2.36. The van der Waals surface area contributed by atoms with Gasteiger partial charge < -0.3 is 10.0 Å². The molecule has 1 atom stereocenters. The van der Waals surface area contributed by atoms with E-state index < -0.39 is 6.10 Å². The number of halogens is 2. The van der Waals surface area contributed by atoms with Crippen molar-refractivity contribution < 1.29 is 9.50 Å². The minimum absolute atomic E-state index is 0.356. The zero-order valence-corrected chi connectivity index (χ0v) is 13.5. The summed E-state index contributed by atoms with van der Waals surface area (Å²) >= 11 is 5.85. The third-order valence-electron chi connectivity index (χ3n) is 4.10. The van der Waals surface area contributed by atoms with Crippen LogP contribution in [0.15, 0.2) is 42.6 Å². The maximum Gasteiger partial charge on any atom is 0.129 e. The molecule has 23 heavy (non-hydrogen) atoms. The third-order valence-corrected chi connectivity index (χ3v) is 4.33. The minimum Gasteiger partial charge on any atom is -0.387 e. The number of aromatic nitrogens is 1. The summed E-state index contributed by atoms with van der Waals surface area (Å²) in [6.45, 7) is 3.67. The van der Waals surface area contributed by atoms with Crippen LogP contribution in [0.4, 0.5) is 10.2 Å². The van der Waals surface area contributed by atoms with Crippen LogP contribution in [-0.2, 0) is 0 Å². The van der Waals surface area contributed by atoms with Crippen molar-refractivity contribution in [2.24, 2.45) is 0 Å². The number of aliphatic hydroxyl groups is 1. The Kier molecular flexibility index (Phi) is 5.10. The van der Waals surface area contributed by atoms with E-state index in [-0.39, 0.29) is 5.82 Å². The number of anilines is 1. The highest BCUT2D eigenvalue weighted by atomic mass is 35.5. The van der Waals surface area contributed by atoms with Crippen LogP contribution in [0.2, 0.25) is 5.02 Å². The zero-order valence-electron chi connectivity index (χ0n) is 12.7. The molecular formula is C17H19ClFN3O. The van der Waals surface area contributed by atoms with Crippen molar-refractivity contribution in [3.63, 3.8) is 0 Å². The predicted octanol–water partition coefficient (Wildman–Crippen LogP) is 2.73. The highest BCUT2D eigenvalue weighted by Crippen LogP contribution is 2.20. The van der Waals surface area contributed by atoms with Crippen LogP contribution in [0.1, 0.15) is 11.7 Å². The lowest BCUT2D eigenvalue weighted by atomic mass is 10.1. The van der Waals surface area contributed by atoms with Crippen LogP contribution in [0.25, 0.3) is 0 Å². The normalized spacial score (nSPS) is 17.3. The zero-order chi connectivity index (χ0) is 16.2. The molecule has 0 saturated carbocycles. The van der Waals surface area contributed by atoms with Crippen molar-refractivity contribution in [3.8, 4) is 0 Å². The van der Waals surface area contributed by atoms with Gasteiger partial charge in [-0.3, -0.25) is 4.90 Å². The summed E-state index contributed by atoms with van der Waals surface area (Å²) in [5, 5.41) is 10.9. The number of piperazine rings is 1.